The molecule has 0 radical (unpaired) electrons. The largest absolute Gasteiger partial charge is 0.497 e. The van der Waals surface area contributed by atoms with Gasteiger partial charge >= 0.3 is 0 Å². The molecule has 1 unspecified atom stereocenters. The van der Waals surface area contributed by atoms with Crippen molar-refractivity contribution in [2.24, 2.45) is 0 Å². The summed E-state index contributed by atoms with van der Waals surface area (Å²) in [7, 11) is 3.40. The van der Waals surface area contributed by atoms with E-state index in [1.165, 1.54) is 18.1 Å². The number of ether oxygens (including phenoxy) is 1. The number of nitrogens with one attached hydrogen (secondary N) is 1. The van der Waals surface area contributed by atoms with E-state index < -0.39 is 5.60 Å². The summed E-state index contributed by atoms with van der Waals surface area (Å²) in [6.45, 7) is 1.54. The highest BCUT2D eigenvalue weighted by Gasteiger charge is 2.42. The number of hydrogen-bond acceptors (Lipinski definition) is 5. The molecular weight excluding hydrogens is 363 g/mol. The zero-order chi connectivity index (χ0) is 20.1. The van der Waals surface area contributed by atoms with Crippen molar-refractivity contribution in [1.29, 1.82) is 0 Å². The number of H-pyrrole nitrogens is 1. The van der Waals surface area contributed by atoms with Crippen LogP contribution in [0.5, 0.6) is 5.75 Å². The number of rotatable bonds is 8. The standard InChI is InChI=1S/C20H27FN4O3/c1-24(9-6-15-11-22-23-12-15)14-20(27)7-3-8-25(19(20)26)13-16-10-17(28-2)4-5-18(16)21/h4-5,10-12,27H,3,6-9,13-14H2,1-2H3,(H,22,23). The fourth-order valence-corrected chi connectivity index (χ4v) is 3.63. The number of carbonyl (C=O) groups is 1. The topological polar surface area (TPSA) is 81.7 Å². The normalized spacial score (nSPS) is 20.0. The number of nitrogens with zero attached hydrogens (tertiary/aromatic N) is 3. The van der Waals surface area contributed by atoms with Crippen molar-refractivity contribution in [3.63, 3.8) is 0 Å². The average molecular weight is 390 g/mol. The van der Waals surface area contributed by atoms with Crippen molar-refractivity contribution in [2.45, 2.75) is 31.4 Å². The van der Waals surface area contributed by atoms with Gasteiger partial charge in [0.2, 0.25) is 0 Å². The maximum atomic E-state index is 14.2. The van der Waals surface area contributed by atoms with Crippen molar-refractivity contribution in [2.75, 3.05) is 33.8 Å². The summed E-state index contributed by atoms with van der Waals surface area (Å²) in [5, 5.41) is 17.7. The molecule has 0 aliphatic carbocycles. The molecule has 1 saturated heterocycles. The molecule has 1 atom stereocenters. The predicted molar refractivity (Wildman–Crippen MR) is 102 cm³/mol. The molecule has 0 bridgehead atoms. The summed E-state index contributed by atoms with van der Waals surface area (Å²) in [6, 6.07) is 4.47. The zero-order valence-electron chi connectivity index (χ0n) is 16.3. The third kappa shape index (κ3) is 4.69. The number of likely N-dealkylation sites (N-methyl/N-ethyl adjacent to an activating group) is 1. The molecule has 8 heteroatoms. The van der Waals surface area contributed by atoms with Crippen LogP contribution in [-0.4, -0.2) is 70.4 Å². The van der Waals surface area contributed by atoms with Crippen LogP contribution in [0.25, 0.3) is 0 Å². The van der Waals surface area contributed by atoms with E-state index in [-0.39, 0.29) is 24.8 Å². The summed E-state index contributed by atoms with van der Waals surface area (Å²) >= 11 is 0. The van der Waals surface area contributed by atoms with Crippen molar-refractivity contribution < 1.29 is 19.0 Å². The molecule has 7 nitrogen and oxygen atoms in total. The minimum atomic E-state index is -1.46. The number of aliphatic hydroxyl groups is 1. The molecule has 0 saturated carbocycles. The second-order valence-corrected chi connectivity index (χ2v) is 7.41. The van der Waals surface area contributed by atoms with Crippen LogP contribution >= 0.6 is 0 Å². The Morgan fingerprint density at radius 3 is 3.00 bits per heavy atom. The Morgan fingerprint density at radius 1 is 1.46 bits per heavy atom. The number of aromatic nitrogens is 2. The van der Waals surface area contributed by atoms with Crippen LogP contribution in [0.15, 0.2) is 30.6 Å². The maximum absolute atomic E-state index is 14.2. The number of halogens is 1. The Morgan fingerprint density at radius 2 is 2.29 bits per heavy atom. The highest BCUT2D eigenvalue weighted by atomic mass is 19.1. The average Bonchev–Trinajstić information content (AvgIpc) is 3.19. The Hall–Kier alpha value is -2.45. The fourth-order valence-electron chi connectivity index (χ4n) is 3.63. The quantitative estimate of drug-likeness (QED) is 0.715. The first kappa shape index (κ1) is 20.3. The van der Waals surface area contributed by atoms with Gasteiger partial charge in [-0.15, -0.1) is 0 Å². The lowest BCUT2D eigenvalue weighted by Gasteiger charge is -2.40. The molecule has 1 aromatic heterocycles. The summed E-state index contributed by atoms with van der Waals surface area (Å²) in [5.41, 5.74) is -0.00662. The van der Waals surface area contributed by atoms with E-state index in [0.29, 0.717) is 37.2 Å². The first-order valence-corrected chi connectivity index (χ1v) is 9.41. The Kier molecular flexibility index (Phi) is 6.31. The van der Waals surface area contributed by atoms with Gasteiger partial charge in [0.25, 0.3) is 5.91 Å². The van der Waals surface area contributed by atoms with Gasteiger partial charge in [0.05, 0.1) is 13.3 Å². The van der Waals surface area contributed by atoms with E-state index >= 15 is 0 Å². The van der Waals surface area contributed by atoms with Crippen molar-refractivity contribution in [3.8, 4) is 5.75 Å². The van der Waals surface area contributed by atoms with Crippen LogP contribution in [0.2, 0.25) is 0 Å². The van der Waals surface area contributed by atoms with Gasteiger partial charge in [-0.3, -0.25) is 9.89 Å². The predicted octanol–water partition coefficient (Wildman–Crippen LogP) is 1.59. The Bertz CT molecular complexity index is 799. The number of aromatic amines is 1. The van der Waals surface area contributed by atoms with E-state index in [9.17, 15) is 14.3 Å². The van der Waals surface area contributed by atoms with Gasteiger partial charge in [0.1, 0.15) is 11.6 Å². The number of carbonyl (C=O) groups excluding carboxylic acids is 1. The molecule has 1 fully saturated rings. The van der Waals surface area contributed by atoms with Crippen LogP contribution in [0.1, 0.15) is 24.0 Å². The molecule has 152 valence electrons. The van der Waals surface area contributed by atoms with Crippen molar-refractivity contribution in [1.82, 2.24) is 20.0 Å². The number of piperidine rings is 1. The van der Waals surface area contributed by atoms with E-state index in [1.54, 1.807) is 18.3 Å². The van der Waals surface area contributed by atoms with E-state index in [0.717, 1.165) is 12.0 Å². The Balaban J connectivity index is 1.63. The lowest BCUT2D eigenvalue weighted by molar-refractivity contribution is -0.159. The molecule has 0 spiro atoms. The van der Waals surface area contributed by atoms with Crippen LogP contribution in [0.4, 0.5) is 4.39 Å². The summed E-state index contributed by atoms with van der Waals surface area (Å²) in [5.74, 6) is -0.203. The van der Waals surface area contributed by atoms with Gasteiger partial charge in [0.15, 0.2) is 5.60 Å². The number of likely N-dealkylation sites (tertiary alicyclic amines) is 1. The third-order valence-electron chi connectivity index (χ3n) is 5.19. The fraction of sp³-hybridized carbons (Fsp3) is 0.500. The minimum Gasteiger partial charge on any atom is -0.497 e. The second-order valence-electron chi connectivity index (χ2n) is 7.41. The molecule has 28 heavy (non-hydrogen) atoms. The molecule has 2 N–H and O–H groups in total. The van der Waals surface area contributed by atoms with Crippen molar-refractivity contribution >= 4 is 5.91 Å². The van der Waals surface area contributed by atoms with E-state index in [4.69, 9.17) is 4.74 Å². The molecule has 1 aliphatic rings. The Labute approximate surface area is 164 Å². The van der Waals surface area contributed by atoms with Crippen LogP contribution in [0.3, 0.4) is 0 Å². The lowest BCUT2D eigenvalue weighted by atomic mass is 9.90. The SMILES string of the molecule is COc1ccc(F)c(CN2CCCC(O)(CN(C)CCc3cn[nH]c3)C2=O)c1. The molecule has 3 rings (SSSR count). The van der Waals surface area contributed by atoms with Crippen LogP contribution in [-0.2, 0) is 17.8 Å². The first-order chi connectivity index (χ1) is 13.4. The van der Waals surface area contributed by atoms with Gasteiger partial charge in [-0.1, -0.05) is 0 Å². The van der Waals surface area contributed by atoms with Gasteiger partial charge in [0, 0.05) is 37.9 Å². The highest BCUT2D eigenvalue weighted by Crippen LogP contribution is 2.26. The summed E-state index contributed by atoms with van der Waals surface area (Å²) in [6.07, 6.45) is 5.44. The number of methoxy groups -OCH3 is 1. The second kappa shape index (κ2) is 8.70. The summed E-state index contributed by atoms with van der Waals surface area (Å²) in [4.78, 5) is 16.4. The molecule has 1 aliphatic heterocycles. The maximum Gasteiger partial charge on any atom is 0.256 e. The first-order valence-electron chi connectivity index (χ1n) is 9.41. The van der Waals surface area contributed by atoms with Gasteiger partial charge in [-0.05, 0) is 50.1 Å². The highest BCUT2D eigenvalue weighted by molar-refractivity contribution is 5.86. The molecule has 1 aromatic carbocycles. The molecule has 2 heterocycles. The molecular formula is C20H27FN4O3. The lowest BCUT2D eigenvalue weighted by Crippen LogP contribution is -2.58. The number of hydrogen-bond donors (Lipinski definition) is 2. The van der Waals surface area contributed by atoms with E-state index in [1.807, 2.05) is 18.1 Å². The molecule has 1 amide bonds. The van der Waals surface area contributed by atoms with Gasteiger partial charge < -0.3 is 19.6 Å². The van der Waals surface area contributed by atoms with Gasteiger partial charge in [-0.25, -0.2) is 4.39 Å². The molecule has 2 aromatic rings. The van der Waals surface area contributed by atoms with Crippen LogP contribution < -0.4 is 4.74 Å². The zero-order valence-corrected chi connectivity index (χ0v) is 16.3. The van der Waals surface area contributed by atoms with Gasteiger partial charge in [-0.2, -0.15) is 5.10 Å². The van der Waals surface area contributed by atoms with Crippen LogP contribution in [0, 0.1) is 5.82 Å². The smallest absolute Gasteiger partial charge is 0.256 e. The number of benzene rings is 1. The van der Waals surface area contributed by atoms with Crippen molar-refractivity contribution in [3.05, 3.63) is 47.5 Å². The monoisotopic (exact) mass is 390 g/mol. The van der Waals surface area contributed by atoms with E-state index in [2.05, 4.69) is 10.2 Å². The third-order valence-corrected chi connectivity index (χ3v) is 5.19. The minimum absolute atomic E-state index is 0.114. The number of amides is 1. The summed E-state index contributed by atoms with van der Waals surface area (Å²) < 4.78 is 19.3.